The topological polar surface area (TPSA) is 66.9 Å². The van der Waals surface area contributed by atoms with Gasteiger partial charge >= 0.3 is 0 Å². The molecule has 0 saturated carbocycles. The second kappa shape index (κ2) is 5.04. The molecule has 0 unspecified atom stereocenters. The van der Waals surface area contributed by atoms with Crippen LogP contribution in [0.15, 0.2) is 42.6 Å². The fourth-order valence-corrected chi connectivity index (χ4v) is 2.83. The van der Waals surface area contributed by atoms with Gasteiger partial charge in [-0.3, -0.25) is 0 Å². The molecule has 0 N–H and O–H groups in total. The summed E-state index contributed by atoms with van der Waals surface area (Å²) >= 11 is 6.38. The third kappa shape index (κ3) is 2.20. The van der Waals surface area contributed by atoms with E-state index >= 15 is 0 Å². The lowest BCUT2D eigenvalue weighted by atomic mass is 10.0. The van der Waals surface area contributed by atoms with Crippen LogP contribution >= 0.6 is 11.6 Å². The van der Waals surface area contributed by atoms with E-state index in [0.29, 0.717) is 16.4 Å². The lowest BCUT2D eigenvalue weighted by molar-refractivity contribution is 0.939. The van der Waals surface area contributed by atoms with Crippen molar-refractivity contribution in [3.8, 4) is 17.2 Å². The summed E-state index contributed by atoms with van der Waals surface area (Å²) in [4.78, 5) is 8.89. The Morgan fingerprint density at radius 1 is 1.22 bits per heavy atom. The van der Waals surface area contributed by atoms with Crippen LogP contribution in [0.3, 0.4) is 0 Å². The lowest BCUT2D eigenvalue weighted by Crippen LogP contribution is -1.97. The van der Waals surface area contributed by atoms with Crippen LogP contribution in [-0.4, -0.2) is 19.6 Å². The number of aryl methyl sites for hydroxylation is 1. The Hall–Kier alpha value is -2.97. The molecule has 4 rings (SSSR count). The molecule has 1 aromatic carbocycles. The molecule has 0 aliphatic carbocycles. The van der Waals surface area contributed by atoms with E-state index in [-0.39, 0.29) is 0 Å². The number of halogens is 1. The molecule has 3 heterocycles. The van der Waals surface area contributed by atoms with E-state index in [9.17, 15) is 0 Å². The smallest absolute Gasteiger partial charge is 0.166 e. The monoisotopic (exact) mass is 319 g/mol. The summed E-state index contributed by atoms with van der Waals surface area (Å²) in [5, 5.41) is 14.7. The number of fused-ring (bicyclic) bond motifs is 3. The van der Waals surface area contributed by atoms with Crippen molar-refractivity contribution in [2.45, 2.75) is 6.92 Å². The van der Waals surface area contributed by atoms with E-state index in [4.69, 9.17) is 16.9 Å². The van der Waals surface area contributed by atoms with Gasteiger partial charge in [0.25, 0.3) is 0 Å². The third-order valence-electron chi connectivity index (χ3n) is 3.64. The minimum atomic E-state index is 0.369. The second-order valence-electron chi connectivity index (χ2n) is 5.25. The van der Waals surface area contributed by atoms with Gasteiger partial charge in [-0.05, 0) is 30.7 Å². The standard InChI is InChI=1S/C17H10ClN5/c1-10-5-15-20-9-13-7-14(12-4-2-3-11(6-12)8-19)16(18)21-17(13)23(15)22-10/h2-7,9H,1H3. The summed E-state index contributed by atoms with van der Waals surface area (Å²) in [6.45, 7) is 1.91. The van der Waals surface area contributed by atoms with Gasteiger partial charge in [0.1, 0.15) is 5.15 Å². The predicted molar refractivity (Wildman–Crippen MR) is 88.2 cm³/mol. The minimum Gasteiger partial charge on any atom is -0.236 e. The van der Waals surface area contributed by atoms with Crippen LogP contribution in [0.25, 0.3) is 27.8 Å². The Kier molecular flexibility index (Phi) is 3.00. The first-order chi connectivity index (χ1) is 11.2. The number of nitriles is 1. The van der Waals surface area contributed by atoms with Gasteiger partial charge in [-0.15, -0.1) is 0 Å². The van der Waals surface area contributed by atoms with Crippen molar-refractivity contribution >= 4 is 28.3 Å². The highest BCUT2D eigenvalue weighted by molar-refractivity contribution is 6.32. The van der Waals surface area contributed by atoms with E-state index in [1.165, 1.54) is 0 Å². The zero-order chi connectivity index (χ0) is 16.0. The van der Waals surface area contributed by atoms with Gasteiger partial charge in [0.2, 0.25) is 0 Å². The van der Waals surface area contributed by atoms with Crippen LogP contribution in [0.2, 0.25) is 5.15 Å². The average Bonchev–Trinajstić information content (AvgIpc) is 2.95. The molecule has 0 bridgehead atoms. The molecule has 0 aliphatic rings. The third-order valence-corrected chi connectivity index (χ3v) is 3.92. The van der Waals surface area contributed by atoms with Crippen molar-refractivity contribution < 1.29 is 0 Å². The van der Waals surface area contributed by atoms with Crippen LogP contribution in [0.1, 0.15) is 11.3 Å². The number of hydrogen-bond acceptors (Lipinski definition) is 4. The van der Waals surface area contributed by atoms with Crippen LogP contribution in [0, 0.1) is 18.3 Å². The molecule has 23 heavy (non-hydrogen) atoms. The van der Waals surface area contributed by atoms with Crippen molar-refractivity contribution in [1.82, 2.24) is 19.6 Å². The summed E-state index contributed by atoms with van der Waals surface area (Å²) in [6, 6.07) is 13.2. The van der Waals surface area contributed by atoms with Crippen LogP contribution in [0.4, 0.5) is 0 Å². The summed E-state index contributed by atoms with van der Waals surface area (Å²) in [6.07, 6.45) is 1.76. The molecule has 0 saturated heterocycles. The maximum absolute atomic E-state index is 9.05. The van der Waals surface area contributed by atoms with Crippen molar-refractivity contribution in [1.29, 1.82) is 5.26 Å². The number of benzene rings is 1. The molecular formula is C17H10ClN5. The first-order valence-corrected chi connectivity index (χ1v) is 7.36. The molecule has 3 aromatic heterocycles. The van der Waals surface area contributed by atoms with Crippen LogP contribution < -0.4 is 0 Å². The highest BCUT2D eigenvalue weighted by Gasteiger charge is 2.12. The van der Waals surface area contributed by atoms with Gasteiger partial charge in [-0.1, -0.05) is 23.7 Å². The first-order valence-electron chi connectivity index (χ1n) is 6.98. The van der Waals surface area contributed by atoms with Gasteiger partial charge in [0.15, 0.2) is 11.3 Å². The number of nitrogens with zero attached hydrogens (tertiary/aromatic N) is 5. The van der Waals surface area contributed by atoms with E-state index in [0.717, 1.165) is 27.9 Å². The Balaban J connectivity index is 2.00. The van der Waals surface area contributed by atoms with Gasteiger partial charge in [-0.25, -0.2) is 9.97 Å². The molecule has 0 radical (unpaired) electrons. The fourth-order valence-electron chi connectivity index (χ4n) is 2.59. The number of hydrogen-bond donors (Lipinski definition) is 0. The molecule has 0 aliphatic heterocycles. The molecule has 110 valence electrons. The lowest BCUT2D eigenvalue weighted by Gasteiger charge is -2.07. The Morgan fingerprint density at radius 3 is 2.91 bits per heavy atom. The molecule has 5 nitrogen and oxygen atoms in total. The molecular weight excluding hydrogens is 310 g/mol. The van der Waals surface area contributed by atoms with E-state index in [2.05, 4.69) is 21.1 Å². The summed E-state index contributed by atoms with van der Waals surface area (Å²) in [5.74, 6) is 0. The molecule has 6 heteroatoms. The maximum Gasteiger partial charge on any atom is 0.166 e. The quantitative estimate of drug-likeness (QED) is 0.501. The fraction of sp³-hybridized carbons (Fsp3) is 0.0588. The van der Waals surface area contributed by atoms with Crippen molar-refractivity contribution in [2.24, 2.45) is 0 Å². The summed E-state index contributed by atoms with van der Waals surface area (Å²) in [7, 11) is 0. The molecule has 0 amide bonds. The van der Waals surface area contributed by atoms with Gasteiger partial charge in [0.05, 0.1) is 17.3 Å². The predicted octanol–water partition coefficient (Wildman–Crippen LogP) is 3.78. The van der Waals surface area contributed by atoms with E-state index < -0.39 is 0 Å². The average molecular weight is 320 g/mol. The van der Waals surface area contributed by atoms with Crippen LogP contribution in [0.5, 0.6) is 0 Å². The highest BCUT2D eigenvalue weighted by Crippen LogP contribution is 2.30. The molecule has 0 fully saturated rings. The van der Waals surface area contributed by atoms with Crippen molar-refractivity contribution in [3.63, 3.8) is 0 Å². The number of pyridine rings is 1. The number of rotatable bonds is 1. The normalized spacial score (nSPS) is 11.0. The zero-order valence-corrected chi connectivity index (χ0v) is 12.9. The SMILES string of the molecule is Cc1cc2ncc3cc(-c4cccc(C#N)c4)c(Cl)nc3n2n1. The Labute approximate surface area is 136 Å². The maximum atomic E-state index is 9.05. The van der Waals surface area contributed by atoms with E-state index in [1.807, 2.05) is 31.2 Å². The van der Waals surface area contributed by atoms with Crippen LogP contribution in [-0.2, 0) is 0 Å². The van der Waals surface area contributed by atoms with E-state index in [1.54, 1.807) is 22.8 Å². The molecule has 0 spiro atoms. The summed E-state index contributed by atoms with van der Waals surface area (Å²) in [5.41, 5.74) is 4.45. The minimum absolute atomic E-state index is 0.369. The van der Waals surface area contributed by atoms with Crippen molar-refractivity contribution in [3.05, 3.63) is 59.0 Å². The molecule has 0 atom stereocenters. The van der Waals surface area contributed by atoms with Gasteiger partial charge < -0.3 is 0 Å². The highest BCUT2D eigenvalue weighted by atomic mass is 35.5. The zero-order valence-electron chi connectivity index (χ0n) is 12.2. The van der Waals surface area contributed by atoms with Crippen molar-refractivity contribution in [2.75, 3.05) is 0 Å². The summed E-state index contributed by atoms with van der Waals surface area (Å²) < 4.78 is 1.69. The number of aromatic nitrogens is 4. The largest absolute Gasteiger partial charge is 0.236 e. The second-order valence-corrected chi connectivity index (χ2v) is 5.60. The van der Waals surface area contributed by atoms with Gasteiger partial charge in [-0.2, -0.15) is 14.9 Å². The molecule has 4 aromatic rings. The Morgan fingerprint density at radius 2 is 2.09 bits per heavy atom. The van der Waals surface area contributed by atoms with Gasteiger partial charge in [0, 0.05) is 23.2 Å². The Bertz CT molecular complexity index is 1110. The first kappa shape index (κ1) is 13.7.